The van der Waals surface area contributed by atoms with Crippen molar-refractivity contribution in [2.24, 2.45) is 0 Å². The number of hydrogen-bond acceptors (Lipinski definition) is 12. The average molecular weight is 556 g/mol. The Labute approximate surface area is 223 Å². The van der Waals surface area contributed by atoms with Gasteiger partial charge in [-0.1, -0.05) is 18.2 Å². The van der Waals surface area contributed by atoms with Gasteiger partial charge in [-0.05, 0) is 18.2 Å². The third-order valence-electron chi connectivity index (χ3n) is 5.61. The van der Waals surface area contributed by atoms with Crippen LogP contribution in [-0.4, -0.2) is 61.4 Å². The fourth-order valence-corrected chi connectivity index (χ4v) is 4.80. The molecule has 0 bridgehead atoms. The Hall–Kier alpha value is -5.04. The molecule has 1 heterocycles. The van der Waals surface area contributed by atoms with Gasteiger partial charge in [0.05, 0.1) is 12.0 Å². The van der Waals surface area contributed by atoms with Crippen molar-refractivity contribution in [1.82, 2.24) is 5.32 Å². The molecule has 0 aliphatic carbocycles. The van der Waals surface area contributed by atoms with Crippen LogP contribution in [0.15, 0.2) is 62.6 Å². The fourth-order valence-electron chi connectivity index (χ4n) is 3.71. The van der Waals surface area contributed by atoms with Gasteiger partial charge in [0.25, 0.3) is 5.91 Å². The molecule has 1 amide bonds. The number of amides is 1. The number of thioether (sulfide) groups is 1. The van der Waals surface area contributed by atoms with Crippen LogP contribution in [0.25, 0.3) is 22.3 Å². The molecule has 1 atom stereocenters. The number of ether oxygens (including phenoxy) is 1. The van der Waals surface area contributed by atoms with Gasteiger partial charge in [0.15, 0.2) is 17.3 Å². The summed E-state index contributed by atoms with van der Waals surface area (Å²) in [6.07, 6.45) is 0. The zero-order chi connectivity index (χ0) is 28.4. The van der Waals surface area contributed by atoms with Crippen LogP contribution in [0.1, 0.15) is 10.4 Å². The first-order valence-corrected chi connectivity index (χ1v) is 12.1. The molecule has 1 aromatic heterocycles. The number of phenolic OH excluding ortho intramolecular Hbond substituents is 5. The predicted octanol–water partition coefficient (Wildman–Crippen LogP) is 2.76. The van der Waals surface area contributed by atoms with E-state index in [0.717, 1.165) is 25.3 Å². The number of methoxy groups -OCH3 is 1. The second kappa shape index (κ2) is 10.8. The standard InChI is InChI=1S/C26H21NO11S/c1-37-26(36)14(27-25(35)11-5-3-2-4-6-11)10-39-24-13(9-16(30)19(31)22(24)34)23-21(33)20(32)18-15(29)7-12(28)8-17(18)38-23/h2-9,14,28-31,33-34H,10H2,1H3,(H,27,35). The Morgan fingerprint density at radius 3 is 2.31 bits per heavy atom. The van der Waals surface area contributed by atoms with Gasteiger partial charge in [0, 0.05) is 29.0 Å². The highest BCUT2D eigenvalue weighted by Gasteiger charge is 2.28. The van der Waals surface area contributed by atoms with Gasteiger partial charge in [0.2, 0.25) is 16.9 Å². The Kier molecular flexibility index (Phi) is 7.44. The lowest BCUT2D eigenvalue weighted by Gasteiger charge is -2.19. The van der Waals surface area contributed by atoms with E-state index in [0.29, 0.717) is 11.8 Å². The van der Waals surface area contributed by atoms with Crippen molar-refractivity contribution in [2.75, 3.05) is 12.9 Å². The average Bonchev–Trinajstić information content (AvgIpc) is 2.91. The fraction of sp³-hybridized carbons (Fsp3) is 0.115. The number of carbonyl (C=O) groups excluding carboxylic acids is 2. The normalized spacial score (nSPS) is 11.7. The Morgan fingerprint density at radius 1 is 0.949 bits per heavy atom. The number of aromatic hydroxyl groups is 6. The van der Waals surface area contributed by atoms with Crippen LogP contribution in [0, 0.1) is 0 Å². The second-order valence-corrected chi connectivity index (χ2v) is 9.17. The van der Waals surface area contributed by atoms with Crippen molar-refractivity contribution in [3.05, 3.63) is 64.3 Å². The summed E-state index contributed by atoms with van der Waals surface area (Å²) < 4.78 is 10.3. The zero-order valence-electron chi connectivity index (χ0n) is 20.0. The molecule has 39 heavy (non-hydrogen) atoms. The van der Waals surface area contributed by atoms with Crippen molar-refractivity contribution in [3.63, 3.8) is 0 Å². The lowest BCUT2D eigenvalue weighted by Crippen LogP contribution is -2.43. The summed E-state index contributed by atoms with van der Waals surface area (Å²) in [7, 11) is 1.11. The van der Waals surface area contributed by atoms with Gasteiger partial charge in [0.1, 0.15) is 28.5 Å². The molecule has 4 aromatic rings. The van der Waals surface area contributed by atoms with Crippen molar-refractivity contribution in [2.45, 2.75) is 10.9 Å². The SMILES string of the molecule is COC(=O)C(CSc1c(-c2oc3cc(O)cc(O)c3c(=O)c2O)cc(O)c(O)c1O)NC(=O)c1ccccc1. The molecule has 12 nitrogen and oxygen atoms in total. The monoisotopic (exact) mass is 555 g/mol. The lowest BCUT2D eigenvalue weighted by atomic mass is 10.1. The van der Waals surface area contributed by atoms with E-state index in [2.05, 4.69) is 5.32 Å². The van der Waals surface area contributed by atoms with E-state index in [9.17, 15) is 45.0 Å². The van der Waals surface area contributed by atoms with Gasteiger partial charge in [-0.15, -0.1) is 11.8 Å². The highest BCUT2D eigenvalue weighted by molar-refractivity contribution is 7.99. The van der Waals surface area contributed by atoms with Crippen LogP contribution in [0.4, 0.5) is 0 Å². The predicted molar refractivity (Wildman–Crippen MR) is 138 cm³/mol. The Morgan fingerprint density at radius 2 is 1.64 bits per heavy atom. The minimum Gasteiger partial charge on any atom is -0.508 e. The maximum absolute atomic E-state index is 12.8. The summed E-state index contributed by atoms with van der Waals surface area (Å²) in [5, 5.41) is 63.5. The van der Waals surface area contributed by atoms with Crippen molar-refractivity contribution < 1.29 is 49.4 Å². The van der Waals surface area contributed by atoms with Crippen molar-refractivity contribution >= 4 is 34.6 Å². The summed E-state index contributed by atoms with van der Waals surface area (Å²) in [6.45, 7) is 0. The molecule has 13 heteroatoms. The maximum Gasteiger partial charge on any atom is 0.329 e. The number of benzene rings is 3. The lowest BCUT2D eigenvalue weighted by molar-refractivity contribution is -0.142. The molecule has 0 spiro atoms. The topological polar surface area (TPSA) is 207 Å². The van der Waals surface area contributed by atoms with Crippen molar-refractivity contribution in [3.8, 4) is 45.8 Å². The largest absolute Gasteiger partial charge is 0.508 e. The van der Waals surface area contributed by atoms with E-state index in [1.54, 1.807) is 18.2 Å². The summed E-state index contributed by atoms with van der Waals surface area (Å²) >= 11 is 0.698. The van der Waals surface area contributed by atoms with E-state index in [1.807, 2.05) is 0 Å². The third-order valence-corrected chi connectivity index (χ3v) is 6.81. The first kappa shape index (κ1) is 27.0. The van der Waals surface area contributed by atoms with E-state index in [4.69, 9.17) is 9.15 Å². The molecule has 0 saturated carbocycles. The molecule has 4 rings (SSSR count). The molecule has 3 aromatic carbocycles. The number of esters is 1. The number of nitrogens with one attached hydrogen (secondary N) is 1. The van der Waals surface area contributed by atoms with Crippen LogP contribution >= 0.6 is 11.8 Å². The van der Waals surface area contributed by atoms with Crippen molar-refractivity contribution in [1.29, 1.82) is 0 Å². The smallest absolute Gasteiger partial charge is 0.329 e. The summed E-state index contributed by atoms with van der Waals surface area (Å²) in [5.41, 5.74) is -1.45. The minimum atomic E-state index is -1.26. The zero-order valence-corrected chi connectivity index (χ0v) is 20.9. The molecule has 0 saturated heterocycles. The second-order valence-electron chi connectivity index (χ2n) is 8.14. The van der Waals surface area contributed by atoms with Gasteiger partial charge in [-0.25, -0.2) is 4.79 Å². The number of hydrogen-bond donors (Lipinski definition) is 7. The van der Waals surface area contributed by atoms with Crippen LogP contribution in [-0.2, 0) is 9.53 Å². The first-order valence-electron chi connectivity index (χ1n) is 11.1. The number of carbonyl (C=O) groups is 2. The van der Waals surface area contributed by atoms with Gasteiger partial charge >= 0.3 is 5.97 Å². The van der Waals surface area contributed by atoms with E-state index in [1.165, 1.54) is 12.1 Å². The minimum absolute atomic E-state index is 0.254. The highest BCUT2D eigenvalue weighted by Crippen LogP contribution is 2.50. The van der Waals surface area contributed by atoms with Gasteiger partial charge in [-0.2, -0.15) is 0 Å². The van der Waals surface area contributed by atoms with Crippen LogP contribution in [0.2, 0.25) is 0 Å². The molecule has 0 aliphatic heterocycles. The molecule has 0 radical (unpaired) electrons. The van der Waals surface area contributed by atoms with Crippen LogP contribution in [0.5, 0.6) is 34.5 Å². The molecule has 7 N–H and O–H groups in total. The highest BCUT2D eigenvalue weighted by atomic mass is 32.2. The van der Waals surface area contributed by atoms with E-state index >= 15 is 0 Å². The van der Waals surface area contributed by atoms with Gasteiger partial charge < -0.3 is 45.1 Å². The quantitative estimate of drug-likeness (QED) is 0.0998. The molecule has 1 unspecified atom stereocenters. The molecule has 0 fully saturated rings. The molecule has 202 valence electrons. The Balaban J connectivity index is 1.78. The summed E-state index contributed by atoms with van der Waals surface area (Å²) in [4.78, 5) is 37.6. The molecule has 0 aliphatic rings. The number of fused-ring (bicyclic) bond motifs is 1. The molecular weight excluding hydrogens is 534 g/mol. The first-order chi connectivity index (χ1) is 18.5. The number of phenols is 5. The Bertz CT molecular complexity index is 1650. The van der Waals surface area contributed by atoms with Gasteiger partial charge in [-0.3, -0.25) is 9.59 Å². The summed E-state index contributed by atoms with van der Waals surface area (Å²) in [5.74, 6) is -7.10. The maximum atomic E-state index is 12.8. The van der Waals surface area contributed by atoms with Crippen LogP contribution < -0.4 is 10.7 Å². The molecular formula is C26H21NO11S. The number of rotatable bonds is 7. The third kappa shape index (κ3) is 5.20. The van der Waals surface area contributed by atoms with E-state index in [-0.39, 0.29) is 27.4 Å². The van der Waals surface area contributed by atoms with Crippen LogP contribution in [0.3, 0.4) is 0 Å². The van der Waals surface area contributed by atoms with E-state index < -0.39 is 69.0 Å². The summed E-state index contributed by atoms with van der Waals surface area (Å²) in [6, 6.07) is 9.51.